The quantitative estimate of drug-likeness (QED) is 0.870. The van der Waals surface area contributed by atoms with E-state index in [1.165, 1.54) is 0 Å². The summed E-state index contributed by atoms with van der Waals surface area (Å²) in [6.45, 7) is 3.97. The van der Waals surface area contributed by atoms with Crippen LogP contribution in [0.25, 0.3) is 11.5 Å². The number of hydrogen-bond donors (Lipinski definition) is 1. The van der Waals surface area contributed by atoms with E-state index in [4.69, 9.17) is 9.15 Å². The fraction of sp³-hybridized carbons (Fsp3) is 0.500. The zero-order valence-corrected chi connectivity index (χ0v) is 13.3. The van der Waals surface area contributed by atoms with Gasteiger partial charge in [-0.1, -0.05) is 0 Å². The smallest absolute Gasteiger partial charge is 0.236 e. The molecule has 1 aliphatic rings. The minimum atomic E-state index is 0.153. The van der Waals surface area contributed by atoms with Gasteiger partial charge in [0, 0.05) is 32.9 Å². The Kier molecular flexibility index (Phi) is 5.09. The zero-order chi connectivity index (χ0) is 16.1. The van der Waals surface area contributed by atoms with Crippen molar-refractivity contribution in [3.8, 4) is 11.5 Å². The second-order valence-electron chi connectivity index (χ2n) is 5.67. The van der Waals surface area contributed by atoms with Gasteiger partial charge in [-0.25, -0.2) is 0 Å². The molecule has 1 aliphatic heterocycles. The standard InChI is InChI=1S/C16H22N4O3/c1-22-10-9-20-8-2-7-19(12-16(20)21)11-13-3-4-15(23-13)14-5-6-17-18-14/h3-6H,2,7-12H2,1H3,(H,17,18). The van der Waals surface area contributed by atoms with Crippen molar-refractivity contribution >= 4 is 5.91 Å². The summed E-state index contributed by atoms with van der Waals surface area (Å²) in [7, 11) is 1.66. The molecule has 0 atom stereocenters. The van der Waals surface area contributed by atoms with Crippen LogP contribution < -0.4 is 0 Å². The summed E-state index contributed by atoms with van der Waals surface area (Å²) in [6.07, 6.45) is 2.66. The number of H-pyrrole nitrogens is 1. The van der Waals surface area contributed by atoms with Gasteiger partial charge in [0.05, 0.1) is 19.7 Å². The lowest BCUT2D eigenvalue weighted by molar-refractivity contribution is -0.131. The van der Waals surface area contributed by atoms with Crippen LogP contribution in [0, 0.1) is 0 Å². The molecule has 1 N–H and O–H groups in total. The van der Waals surface area contributed by atoms with Gasteiger partial charge in [-0.2, -0.15) is 5.10 Å². The Morgan fingerprint density at radius 3 is 3.04 bits per heavy atom. The van der Waals surface area contributed by atoms with Crippen LogP contribution in [0.1, 0.15) is 12.2 Å². The fourth-order valence-corrected chi connectivity index (χ4v) is 2.77. The van der Waals surface area contributed by atoms with E-state index in [9.17, 15) is 4.79 Å². The van der Waals surface area contributed by atoms with Crippen LogP contribution >= 0.6 is 0 Å². The molecule has 2 aromatic heterocycles. The van der Waals surface area contributed by atoms with Gasteiger partial charge >= 0.3 is 0 Å². The molecular formula is C16H22N4O3. The number of aromatic nitrogens is 2. The second kappa shape index (κ2) is 7.43. The highest BCUT2D eigenvalue weighted by molar-refractivity contribution is 5.78. The Balaban J connectivity index is 1.59. The molecule has 1 saturated heterocycles. The van der Waals surface area contributed by atoms with Gasteiger partial charge in [0.1, 0.15) is 11.5 Å². The fourth-order valence-electron chi connectivity index (χ4n) is 2.77. The highest BCUT2D eigenvalue weighted by Crippen LogP contribution is 2.21. The Morgan fingerprint density at radius 2 is 2.26 bits per heavy atom. The van der Waals surface area contributed by atoms with Crippen molar-refractivity contribution < 1.29 is 13.9 Å². The third-order valence-corrected chi connectivity index (χ3v) is 3.99. The predicted molar refractivity (Wildman–Crippen MR) is 84.6 cm³/mol. The third kappa shape index (κ3) is 4.00. The molecule has 0 bridgehead atoms. The molecule has 0 aromatic carbocycles. The van der Waals surface area contributed by atoms with Crippen LogP contribution in [0.3, 0.4) is 0 Å². The molecule has 2 aromatic rings. The Hall–Kier alpha value is -2.12. The predicted octanol–water partition coefficient (Wildman–Crippen LogP) is 1.35. The van der Waals surface area contributed by atoms with Gasteiger partial charge in [-0.15, -0.1) is 0 Å². The van der Waals surface area contributed by atoms with Crippen LogP contribution in [-0.4, -0.2) is 65.8 Å². The van der Waals surface area contributed by atoms with Crippen LogP contribution in [0.15, 0.2) is 28.8 Å². The highest BCUT2D eigenvalue weighted by Gasteiger charge is 2.22. The lowest BCUT2D eigenvalue weighted by atomic mass is 10.3. The van der Waals surface area contributed by atoms with E-state index in [0.29, 0.717) is 26.2 Å². The van der Waals surface area contributed by atoms with Crippen molar-refractivity contribution in [3.05, 3.63) is 30.2 Å². The number of ether oxygens (including phenoxy) is 1. The van der Waals surface area contributed by atoms with E-state index in [1.54, 1.807) is 13.3 Å². The number of rotatable bonds is 6. The first-order valence-corrected chi connectivity index (χ1v) is 7.84. The molecule has 0 unspecified atom stereocenters. The maximum absolute atomic E-state index is 12.3. The molecule has 3 heterocycles. The number of hydrogen-bond acceptors (Lipinski definition) is 5. The SMILES string of the molecule is COCCN1CCCN(Cc2ccc(-c3ccn[nH]3)o2)CC1=O. The van der Waals surface area contributed by atoms with Crippen LogP contribution in [0.4, 0.5) is 0 Å². The molecule has 0 saturated carbocycles. The van der Waals surface area contributed by atoms with E-state index < -0.39 is 0 Å². The van der Waals surface area contributed by atoms with E-state index in [2.05, 4.69) is 15.1 Å². The summed E-state index contributed by atoms with van der Waals surface area (Å²) < 4.78 is 10.9. The topological polar surface area (TPSA) is 74.6 Å². The molecule has 7 heteroatoms. The number of methoxy groups -OCH3 is 1. The summed E-state index contributed by atoms with van der Waals surface area (Å²) in [6, 6.07) is 5.74. The first-order valence-electron chi connectivity index (χ1n) is 7.84. The van der Waals surface area contributed by atoms with Gasteiger partial charge in [-0.05, 0) is 24.6 Å². The van der Waals surface area contributed by atoms with Crippen LogP contribution in [0.5, 0.6) is 0 Å². The summed E-state index contributed by atoms with van der Waals surface area (Å²) in [5, 5.41) is 6.81. The molecule has 124 valence electrons. The van der Waals surface area contributed by atoms with Gasteiger partial charge in [0.2, 0.25) is 5.91 Å². The molecule has 1 fully saturated rings. The van der Waals surface area contributed by atoms with E-state index in [0.717, 1.165) is 36.7 Å². The largest absolute Gasteiger partial charge is 0.458 e. The molecule has 3 rings (SSSR count). The van der Waals surface area contributed by atoms with E-state index >= 15 is 0 Å². The average molecular weight is 318 g/mol. The number of furan rings is 1. The third-order valence-electron chi connectivity index (χ3n) is 3.99. The first kappa shape index (κ1) is 15.8. The van der Waals surface area contributed by atoms with Crippen molar-refractivity contribution in [1.82, 2.24) is 20.0 Å². The monoisotopic (exact) mass is 318 g/mol. The molecule has 1 amide bonds. The van der Waals surface area contributed by atoms with Crippen molar-refractivity contribution in [2.45, 2.75) is 13.0 Å². The van der Waals surface area contributed by atoms with Crippen LogP contribution in [-0.2, 0) is 16.1 Å². The number of amides is 1. The van der Waals surface area contributed by atoms with Crippen LogP contribution in [0.2, 0.25) is 0 Å². The van der Waals surface area contributed by atoms with Gasteiger partial charge in [0.25, 0.3) is 0 Å². The minimum Gasteiger partial charge on any atom is -0.458 e. The molecule has 0 spiro atoms. The molecule has 0 aliphatic carbocycles. The second-order valence-corrected chi connectivity index (χ2v) is 5.67. The average Bonchev–Trinajstić information content (AvgIpc) is 3.18. The molecular weight excluding hydrogens is 296 g/mol. The number of nitrogens with zero attached hydrogens (tertiary/aromatic N) is 3. The van der Waals surface area contributed by atoms with E-state index in [-0.39, 0.29) is 5.91 Å². The minimum absolute atomic E-state index is 0.153. The number of carbonyl (C=O) groups is 1. The lowest BCUT2D eigenvalue weighted by Crippen LogP contribution is -2.38. The van der Waals surface area contributed by atoms with E-state index in [1.807, 2.05) is 23.1 Å². The zero-order valence-electron chi connectivity index (χ0n) is 13.3. The molecule has 7 nitrogen and oxygen atoms in total. The summed E-state index contributed by atoms with van der Waals surface area (Å²) in [5.41, 5.74) is 0.855. The van der Waals surface area contributed by atoms with Crippen molar-refractivity contribution in [2.24, 2.45) is 0 Å². The maximum Gasteiger partial charge on any atom is 0.236 e. The summed E-state index contributed by atoms with van der Waals surface area (Å²) in [5.74, 6) is 1.77. The normalized spacial score (nSPS) is 16.7. The number of aromatic amines is 1. The van der Waals surface area contributed by atoms with Gasteiger partial charge in [-0.3, -0.25) is 14.8 Å². The summed E-state index contributed by atoms with van der Waals surface area (Å²) >= 11 is 0. The molecule has 23 heavy (non-hydrogen) atoms. The highest BCUT2D eigenvalue weighted by atomic mass is 16.5. The van der Waals surface area contributed by atoms with Crippen molar-refractivity contribution in [2.75, 3.05) is 39.9 Å². The van der Waals surface area contributed by atoms with Gasteiger partial charge < -0.3 is 14.1 Å². The first-order chi connectivity index (χ1) is 11.3. The maximum atomic E-state index is 12.3. The Morgan fingerprint density at radius 1 is 1.35 bits per heavy atom. The van der Waals surface area contributed by atoms with Gasteiger partial charge in [0.15, 0.2) is 5.76 Å². The summed E-state index contributed by atoms with van der Waals surface area (Å²) in [4.78, 5) is 16.3. The number of carbonyl (C=O) groups excluding carboxylic acids is 1. The Labute approximate surface area is 135 Å². The molecule has 0 radical (unpaired) electrons. The number of nitrogens with one attached hydrogen (secondary N) is 1. The Bertz CT molecular complexity index is 623. The van der Waals surface area contributed by atoms with Crippen molar-refractivity contribution in [1.29, 1.82) is 0 Å². The lowest BCUT2D eigenvalue weighted by Gasteiger charge is -2.20. The van der Waals surface area contributed by atoms with Crippen molar-refractivity contribution in [3.63, 3.8) is 0 Å².